The average Bonchev–Trinajstić information content (AvgIpc) is 1.65. The first-order valence-corrected chi connectivity index (χ1v) is 42.9. The number of likely N-dealkylation sites (tertiary alicyclic amines) is 1. The number of carbonyl (C=O) groups excluding carboxylic acids is 20. The maximum Gasteiger partial charge on any atom is 0.305 e. The van der Waals surface area contributed by atoms with Gasteiger partial charge in [0.15, 0.2) is 0 Å². The Morgan fingerprint density at radius 3 is 1.30 bits per heavy atom. The number of aromatic nitrogens is 1. The molecule has 1 fully saturated rings. The van der Waals surface area contributed by atoms with E-state index < -0.39 is 303 Å². The molecule has 2 heterocycles. The van der Waals surface area contributed by atoms with Crippen molar-refractivity contribution in [1.82, 2.24) is 79.0 Å². The number of aliphatic hydroxyl groups is 1. The minimum absolute atomic E-state index is 0.0526. The maximum atomic E-state index is 14.8. The summed E-state index contributed by atoms with van der Waals surface area (Å²) in [6.45, 7) is 7.85. The standard InChI is InChI=1S/C81H130N24O25/c1-6-41(4)66(90)79(128)101-54(34-61(87)110)76(125)95-49(22-25-59(85)108)69(118)94-50(23-26-60(86)109)70(119)98-52(32-40(2)3)74(123)103-57(36-63(89)112)81(130)105-31-15-21-58(105)78(127)97-48(20-11-14-30-84)72(121)104-67(42(5)107)80(129)102-55(35-62(88)111)77(126)93-47(19-10-13-29-83)68(117)99-53(33-43-38-91-46-18-8-7-17-45(43)46)75(124)96-51(24-27-64(113)114)71(120)100-56(37-65(115)116)73(122)92-44(39-106)16-9-12-28-82/h7-8,17-18,38-42,44,47-58,66-67,91,107H,6,9-16,19-37,82-84,90H2,1-5H3,(H2,85,108)(H2,86,109)(H2,87,110)(H2,88,111)(H2,89,112)(H,92,122)(H,93,126)(H,94,118)(H,95,125)(H,96,124)(H,97,127)(H,98,119)(H,99,117)(H,100,120)(H,101,128)(H,102,129)(H,103,123)(H,104,121)(H,113,114)(H,115,116)/t41-,42+,44-,47-,48-,49-,50-,51-,52-,53-,54-,55-,56-,57-,58-,66-,67-/m0/s1. The third-order valence-electron chi connectivity index (χ3n) is 21.2. The lowest BCUT2D eigenvalue weighted by atomic mass is 9.98. The second kappa shape index (κ2) is 57.1. The summed E-state index contributed by atoms with van der Waals surface area (Å²) in [6, 6.07) is -18.8. The molecule has 1 saturated heterocycles. The highest BCUT2D eigenvalue weighted by molar-refractivity contribution is 6.03. The van der Waals surface area contributed by atoms with Crippen molar-refractivity contribution in [3.8, 4) is 0 Å². The Hall–Kier alpha value is -12.9. The van der Waals surface area contributed by atoms with E-state index in [1.54, 1.807) is 52.0 Å². The van der Waals surface area contributed by atoms with Crippen LogP contribution in [0.15, 0.2) is 30.5 Å². The molecule has 0 radical (unpaired) electrons. The molecular weight excluding hydrogens is 1710 g/mol. The normalized spacial score (nSPS) is 16.1. The highest BCUT2D eigenvalue weighted by atomic mass is 16.4. The van der Waals surface area contributed by atoms with Gasteiger partial charge in [0.2, 0.25) is 112 Å². The highest BCUT2D eigenvalue weighted by Crippen LogP contribution is 2.23. The highest BCUT2D eigenvalue weighted by Gasteiger charge is 2.43. The van der Waals surface area contributed by atoms with Gasteiger partial charge in [0.1, 0.15) is 84.8 Å². The number of aliphatic carboxylic acids is 2. The number of fused-ring (bicyclic) bond motifs is 1. The molecule has 0 saturated carbocycles. The van der Waals surface area contributed by atoms with Crippen LogP contribution >= 0.6 is 0 Å². The van der Waals surface area contributed by atoms with Gasteiger partial charge >= 0.3 is 11.9 Å². The summed E-state index contributed by atoms with van der Waals surface area (Å²) in [6.07, 6.45) is -6.62. The summed E-state index contributed by atoms with van der Waals surface area (Å²) in [5.41, 5.74) is 51.6. The van der Waals surface area contributed by atoms with Gasteiger partial charge in [-0.05, 0) is 146 Å². The van der Waals surface area contributed by atoms with Crippen LogP contribution in [0.25, 0.3) is 10.9 Å². The van der Waals surface area contributed by atoms with Gasteiger partial charge in [-0.3, -0.25) is 101 Å². The number of hydrogen-bond donors (Lipinski definition) is 26. The van der Waals surface area contributed by atoms with Gasteiger partial charge in [-0.25, -0.2) is 0 Å². The van der Waals surface area contributed by atoms with Gasteiger partial charge < -0.3 is 151 Å². The molecule has 1 aliphatic heterocycles. The van der Waals surface area contributed by atoms with Crippen LogP contribution in [-0.2, 0) is 112 Å². The minimum Gasteiger partial charge on any atom is -0.481 e. The van der Waals surface area contributed by atoms with Crippen molar-refractivity contribution in [1.29, 1.82) is 0 Å². The second-order valence-electron chi connectivity index (χ2n) is 32.4. The topological polar surface area (TPSA) is 846 Å². The number of unbranched alkanes of at least 4 members (excludes halogenated alkanes) is 3. The summed E-state index contributed by atoms with van der Waals surface area (Å²) in [4.78, 5) is 302. The number of amides is 19. The lowest BCUT2D eigenvalue weighted by Gasteiger charge is -2.31. The Bertz CT molecular complexity index is 4280. The maximum absolute atomic E-state index is 14.8. The zero-order valence-corrected chi connectivity index (χ0v) is 73.6. The first-order valence-electron chi connectivity index (χ1n) is 42.9. The summed E-state index contributed by atoms with van der Waals surface area (Å²) >= 11 is 0. The van der Waals surface area contributed by atoms with E-state index in [0.29, 0.717) is 42.0 Å². The predicted octanol–water partition coefficient (Wildman–Crippen LogP) is -9.11. The number of nitrogens with two attached hydrogens (primary N) is 9. The monoisotopic (exact) mass is 1840 g/mol. The second-order valence-corrected chi connectivity index (χ2v) is 32.4. The van der Waals surface area contributed by atoms with E-state index >= 15 is 0 Å². The number of aromatic amines is 1. The molecule has 1 aliphatic rings. The van der Waals surface area contributed by atoms with Crippen molar-refractivity contribution in [3.05, 3.63) is 36.0 Å². The number of carboxylic acid groups (broad SMARTS) is 2. The summed E-state index contributed by atoms with van der Waals surface area (Å²) in [5, 5.41) is 62.2. The van der Waals surface area contributed by atoms with Crippen molar-refractivity contribution in [2.24, 2.45) is 63.4 Å². The third kappa shape index (κ3) is 39.4. The zero-order valence-electron chi connectivity index (χ0n) is 73.6. The number of para-hydroxylation sites is 1. The molecule has 35 N–H and O–H groups in total. The van der Waals surface area contributed by atoms with Gasteiger partial charge in [0.25, 0.3) is 0 Å². The summed E-state index contributed by atoms with van der Waals surface area (Å²) in [5.74, 6) is -25.4. The predicted molar refractivity (Wildman–Crippen MR) is 463 cm³/mol. The zero-order chi connectivity index (χ0) is 97.8. The Balaban J connectivity index is 1.99. The van der Waals surface area contributed by atoms with Gasteiger partial charge in [-0.2, -0.15) is 0 Å². The van der Waals surface area contributed by atoms with E-state index in [1.165, 1.54) is 6.20 Å². The molecule has 3 rings (SSSR count). The molecule has 0 bridgehead atoms. The van der Waals surface area contributed by atoms with Gasteiger partial charge in [0.05, 0.1) is 43.9 Å². The van der Waals surface area contributed by atoms with Crippen molar-refractivity contribution >= 4 is 141 Å². The molecule has 17 atom stereocenters. The van der Waals surface area contributed by atoms with Crippen molar-refractivity contribution in [2.45, 2.75) is 285 Å². The number of nitrogens with zero attached hydrogens (tertiary/aromatic N) is 1. The fraction of sp³-hybridized carbons (Fsp3) is 0.630. The lowest BCUT2D eigenvalue weighted by molar-refractivity contribution is -0.143. The van der Waals surface area contributed by atoms with E-state index in [4.69, 9.17) is 51.6 Å². The van der Waals surface area contributed by atoms with Crippen LogP contribution in [-0.4, -0.2) is 279 Å². The Morgan fingerprint density at radius 1 is 0.446 bits per heavy atom. The summed E-state index contributed by atoms with van der Waals surface area (Å²) < 4.78 is 0. The molecule has 130 heavy (non-hydrogen) atoms. The molecule has 2 aromatic rings. The molecule has 0 aliphatic carbocycles. The SMILES string of the molecule is CC[C@H](C)[C@H](N)C(=O)N[C@@H](CC(N)=O)C(=O)N[C@@H](CCC(N)=O)C(=O)N[C@@H](CCC(N)=O)C(=O)N[C@@H](CC(C)C)C(=O)N[C@@H](CC(N)=O)C(=O)N1CCC[C@H]1C(=O)N[C@@H](CCCCN)C(=O)N[C@H](C(=O)N[C@@H](CC(N)=O)C(=O)N[C@@H](CCCCN)C(=O)N[C@@H](Cc1c[nH]c2ccccc12)C(=O)N[C@@H](CCC(=O)O)C(=O)N[C@@H](CC(=O)O)C(=O)N[C@H](C=O)CCCCN)[C@@H](C)O. The largest absolute Gasteiger partial charge is 0.481 e. The number of carbonyl (C=O) groups is 22. The Labute approximate surface area is 749 Å². The van der Waals surface area contributed by atoms with E-state index in [2.05, 4.69) is 74.1 Å². The van der Waals surface area contributed by atoms with Crippen molar-refractivity contribution in [3.63, 3.8) is 0 Å². The number of benzene rings is 1. The molecule has 724 valence electrons. The number of primary amides is 5. The quantitative estimate of drug-likeness (QED) is 0.0216. The molecule has 1 aromatic carbocycles. The van der Waals surface area contributed by atoms with Crippen LogP contribution < -0.4 is 121 Å². The van der Waals surface area contributed by atoms with Crippen LogP contribution in [0.2, 0.25) is 0 Å². The molecule has 0 spiro atoms. The van der Waals surface area contributed by atoms with E-state index in [0.717, 1.165) is 11.8 Å². The molecule has 49 heteroatoms. The van der Waals surface area contributed by atoms with Crippen LogP contribution in [0.1, 0.15) is 188 Å². The molecule has 0 unspecified atom stereocenters. The Kier molecular flexibility index (Phi) is 48.9. The van der Waals surface area contributed by atoms with Crippen molar-refractivity contribution in [2.75, 3.05) is 26.2 Å². The number of H-pyrrole nitrogens is 1. The molecule has 19 amide bonds. The fourth-order valence-corrected chi connectivity index (χ4v) is 13.8. The Morgan fingerprint density at radius 2 is 0.838 bits per heavy atom. The van der Waals surface area contributed by atoms with E-state index in [-0.39, 0.29) is 90.4 Å². The van der Waals surface area contributed by atoms with E-state index in [1.807, 2.05) is 0 Å². The molecule has 1 aromatic heterocycles. The number of aldehydes is 1. The fourth-order valence-electron chi connectivity index (χ4n) is 13.8. The minimum atomic E-state index is -2.05. The average molecular weight is 1840 g/mol. The number of rotatable bonds is 64. The van der Waals surface area contributed by atoms with Crippen LogP contribution in [0, 0.1) is 11.8 Å². The van der Waals surface area contributed by atoms with Gasteiger partial charge in [-0.15, -0.1) is 0 Å². The molecule has 49 nitrogen and oxygen atoms in total. The van der Waals surface area contributed by atoms with Gasteiger partial charge in [-0.1, -0.05) is 52.3 Å². The first kappa shape index (κ1) is 111. The smallest absolute Gasteiger partial charge is 0.305 e. The molecular formula is C81H130N24O25. The van der Waals surface area contributed by atoms with Crippen LogP contribution in [0.3, 0.4) is 0 Å². The number of hydrogen-bond acceptors (Lipinski definition) is 27. The van der Waals surface area contributed by atoms with Gasteiger partial charge in [0, 0.05) is 49.3 Å². The van der Waals surface area contributed by atoms with Crippen LogP contribution in [0.4, 0.5) is 0 Å². The van der Waals surface area contributed by atoms with Crippen molar-refractivity contribution < 1.29 is 121 Å². The lowest BCUT2D eigenvalue weighted by Crippen LogP contribution is -2.62. The third-order valence-corrected chi connectivity index (χ3v) is 21.2. The number of carboxylic acids is 2. The van der Waals surface area contributed by atoms with E-state index in [9.17, 15) is 121 Å². The van der Waals surface area contributed by atoms with Crippen LogP contribution in [0.5, 0.6) is 0 Å². The first-order chi connectivity index (χ1) is 61.3. The number of aliphatic hydroxyl groups excluding tert-OH is 1. The number of nitrogens with one attached hydrogen (secondary N) is 14. The summed E-state index contributed by atoms with van der Waals surface area (Å²) in [7, 11) is 0.